The highest BCUT2D eigenvalue weighted by Gasteiger charge is 2.23. The van der Waals surface area contributed by atoms with Gasteiger partial charge in [0.25, 0.3) is 0 Å². The van der Waals surface area contributed by atoms with Crippen molar-refractivity contribution in [2.45, 2.75) is 58.3 Å². The zero-order valence-corrected chi connectivity index (χ0v) is 11.3. The molecule has 17 heavy (non-hydrogen) atoms. The van der Waals surface area contributed by atoms with Crippen LogP contribution in [0.3, 0.4) is 0 Å². The van der Waals surface area contributed by atoms with Gasteiger partial charge in [0.15, 0.2) is 0 Å². The van der Waals surface area contributed by atoms with E-state index < -0.39 is 0 Å². The first kappa shape index (κ1) is 14.0. The van der Waals surface area contributed by atoms with E-state index >= 15 is 0 Å². The Balaban J connectivity index is 2.54. The molecule has 0 amide bonds. The Morgan fingerprint density at radius 1 is 1.18 bits per heavy atom. The van der Waals surface area contributed by atoms with E-state index in [2.05, 4.69) is 44.2 Å². The van der Waals surface area contributed by atoms with Crippen LogP contribution in [-0.4, -0.2) is 5.78 Å². The first-order valence-electron chi connectivity index (χ1n) is 6.63. The van der Waals surface area contributed by atoms with Crippen LogP contribution in [0.1, 0.15) is 58.4 Å². The number of ketones is 1. The quantitative estimate of drug-likeness (QED) is 0.632. The lowest BCUT2D eigenvalue weighted by Gasteiger charge is -2.29. The molecule has 0 unspecified atom stereocenters. The molecule has 0 saturated carbocycles. The summed E-state index contributed by atoms with van der Waals surface area (Å²) in [7, 11) is 0. The lowest BCUT2D eigenvalue weighted by Crippen LogP contribution is -2.20. The van der Waals surface area contributed by atoms with Gasteiger partial charge in [0.2, 0.25) is 0 Å². The standard InChI is InChI=1S/C16H24O/c1-4-16(3,13-9-8-10-14(2)17)15-11-6-5-7-12-15/h5-7,11-12H,4,8-10,13H2,1-3H3/t16-/m1/s1. The Morgan fingerprint density at radius 2 is 1.82 bits per heavy atom. The van der Waals surface area contributed by atoms with Gasteiger partial charge in [0.05, 0.1) is 0 Å². The van der Waals surface area contributed by atoms with Gasteiger partial charge in [-0.1, -0.05) is 50.6 Å². The van der Waals surface area contributed by atoms with Gasteiger partial charge in [-0.3, -0.25) is 0 Å². The summed E-state index contributed by atoms with van der Waals surface area (Å²) < 4.78 is 0. The highest BCUT2D eigenvalue weighted by atomic mass is 16.1. The van der Waals surface area contributed by atoms with Crippen LogP contribution in [0.15, 0.2) is 30.3 Å². The van der Waals surface area contributed by atoms with E-state index in [9.17, 15) is 4.79 Å². The summed E-state index contributed by atoms with van der Waals surface area (Å²) in [5.74, 6) is 0.308. The largest absolute Gasteiger partial charge is 0.300 e. The van der Waals surface area contributed by atoms with Crippen molar-refractivity contribution in [3.05, 3.63) is 35.9 Å². The third-order valence-electron chi connectivity index (χ3n) is 3.76. The molecular weight excluding hydrogens is 208 g/mol. The lowest BCUT2D eigenvalue weighted by molar-refractivity contribution is -0.117. The van der Waals surface area contributed by atoms with Gasteiger partial charge >= 0.3 is 0 Å². The van der Waals surface area contributed by atoms with Crippen molar-refractivity contribution in [3.63, 3.8) is 0 Å². The SMILES string of the molecule is CC[C@](C)(CCCCC(C)=O)c1ccccc1. The fraction of sp³-hybridized carbons (Fsp3) is 0.562. The molecule has 0 aliphatic rings. The molecule has 0 aliphatic carbocycles. The van der Waals surface area contributed by atoms with Crippen LogP contribution in [0.4, 0.5) is 0 Å². The molecule has 0 aliphatic heterocycles. The van der Waals surface area contributed by atoms with Gasteiger partial charge in [-0.15, -0.1) is 0 Å². The minimum absolute atomic E-state index is 0.262. The van der Waals surface area contributed by atoms with Crippen molar-refractivity contribution in [1.82, 2.24) is 0 Å². The zero-order valence-electron chi connectivity index (χ0n) is 11.3. The van der Waals surface area contributed by atoms with E-state index in [1.807, 2.05) is 0 Å². The second-order valence-electron chi connectivity index (χ2n) is 5.19. The fourth-order valence-corrected chi connectivity index (χ4v) is 2.25. The van der Waals surface area contributed by atoms with Crippen molar-refractivity contribution >= 4 is 5.78 Å². The molecule has 1 atom stereocenters. The molecule has 0 fully saturated rings. The molecule has 0 spiro atoms. The summed E-state index contributed by atoms with van der Waals surface area (Å²) in [5, 5.41) is 0. The van der Waals surface area contributed by atoms with E-state index in [1.165, 1.54) is 12.0 Å². The van der Waals surface area contributed by atoms with Crippen LogP contribution in [0.2, 0.25) is 0 Å². The average molecular weight is 232 g/mol. The number of Topliss-reactive ketones (excluding diaryl/α,β-unsaturated/α-hetero) is 1. The third-order valence-corrected chi connectivity index (χ3v) is 3.76. The van der Waals surface area contributed by atoms with Crippen LogP contribution >= 0.6 is 0 Å². The topological polar surface area (TPSA) is 17.1 Å². The minimum atomic E-state index is 0.262. The van der Waals surface area contributed by atoms with Gasteiger partial charge in [-0.05, 0) is 37.2 Å². The molecule has 0 saturated heterocycles. The molecular formula is C16H24O. The molecule has 94 valence electrons. The monoisotopic (exact) mass is 232 g/mol. The third kappa shape index (κ3) is 4.33. The van der Waals surface area contributed by atoms with E-state index in [4.69, 9.17) is 0 Å². The molecule has 0 radical (unpaired) electrons. The van der Waals surface area contributed by atoms with Crippen LogP contribution in [-0.2, 0) is 10.2 Å². The van der Waals surface area contributed by atoms with E-state index in [0.29, 0.717) is 5.78 Å². The van der Waals surface area contributed by atoms with E-state index in [-0.39, 0.29) is 5.41 Å². The average Bonchev–Trinajstić information content (AvgIpc) is 2.35. The van der Waals surface area contributed by atoms with Crippen LogP contribution in [0.25, 0.3) is 0 Å². The van der Waals surface area contributed by atoms with Crippen molar-refractivity contribution < 1.29 is 4.79 Å². The fourth-order valence-electron chi connectivity index (χ4n) is 2.25. The minimum Gasteiger partial charge on any atom is -0.300 e. The highest BCUT2D eigenvalue weighted by Crippen LogP contribution is 2.32. The van der Waals surface area contributed by atoms with Gasteiger partial charge in [0.1, 0.15) is 5.78 Å². The normalized spacial score (nSPS) is 14.3. The molecule has 1 aromatic carbocycles. The Kier molecular flexibility index (Phi) is 5.40. The Morgan fingerprint density at radius 3 is 2.35 bits per heavy atom. The predicted octanol–water partition coefficient (Wildman–Crippen LogP) is 4.50. The van der Waals surface area contributed by atoms with Crippen molar-refractivity contribution in [2.75, 3.05) is 0 Å². The van der Waals surface area contributed by atoms with Crippen molar-refractivity contribution in [2.24, 2.45) is 0 Å². The molecule has 0 N–H and O–H groups in total. The number of hydrogen-bond donors (Lipinski definition) is 0. The van der Waals surface area contributed by atoms with Gasteiger partial charge in [0, 0.05) is 6.42 Å². The first-order valence-corrected chi connectivity index (χ1v) is 6.63. The van der Waals surface area contributed by atoms with Crippen molar-refractivity contribution in [3.8, 4) is 0 Å². The summed E-state index contributed by atoms with van der Waals surface area (Å²) in [6.07, 6.45) is 5.21. The predicted molar refractivity (Wildman–Crippen MR) is 73.2 cm³/mol. The summed E-state index contributed by atoms with van der Waals surface area (Å²) in [5.41, 5.74) is 1.68. The maximum Gasteiger partial charge on any atom is 0.129 e. The molecule has 1 heteroatoms. The summed E-state index contributed by atoms with van der Waals surface area (Å²) in [6, 6.07) is 10.7. The molecule has 0 aromatic heterocycles. The Bertz CT molecular complexity index is 342. The number of carbonyl (C=O) groups excluding carboxylic acids is 1. The zero-order chi connectivity index (χ0) is 12.7. The van der Waals surface area contributed by atoms with Gasteiger partial charge in [-0.2, -0.15) is 0 Å². The van der Waals surface area contributed by atoms with Crippen LogP contribution < -0.4 is 0 Å². The number of rotatable bonds is 7. The van der Waals surface area contributed by atoms with Crippen LogP contribution in [0, 0.1) is 0 Å². The van der Waals surface area contributed by atoms with Crippen molar-refractivity contribution in [1.29, 1.82) is 0 Å². The summed E-state index contributed by atoms with van der Waals surface area (Å²) >= 11 is 0. The molecule has 1 rings (SSSR count). The Hall–Kier alpha value is -1.11. The van der Waals surface area contributed by atoms with Crippen LogP contribution in [0.5, 0.6) is 0 Å². The first-order chi connectivity index (χ1) is 8.08. The lowest BCUT2D eigenvalue weighted by atomic mass is 9.76. The summed E-state index contributed by atoms with van der Waals surface area (Å²) in [4.78, 5) is 10.9. The van der Waals surface area contributed by atoms with E-state index in [0.717, 1.165) is 25.7 Å². The second kappa shape index (κ2) is 6.58. The molecule has 1 nitrogen and oxygen atoms in total. The smallest absolute Gasteiger partial charge is 0.129 e. The highest BCUT2D eigenvalue weighted by molar-refractivity contribution is 5.75. The molecule has 1 aromatic rings. The second-order valence-corrected chi connectivity index (χ2v) is 5.19. The molecule has 0 bridgehead atoms. The maximum absolute atomic E-state index is 10.9. The maximum atomic E-state index is 10.9. The number of benzene rings is 1. The number of hydrogen-bond acceptors (Lipinski definition) is 1. The van der Waals surface area contributed by atoms with Gasteiger partial charge < -0.3 is 4.79 Å². The molecule has 0 heterocycles. The van der Waals surface area contributed by atoms with E-state index in [1.54, 1.807) is 6.92 Å². The Labute approximate surface area is 105 Å². The number of carbonyl (C=O) groups is 1. The van der Waals surface area contributed by atoms with Gasteiger partial charge in [-0.25, -0.2) is 0 Å². The summed E-state index contributed by atoms with van der Waals surface area (Å²) in [6.45, 7) is 6.25. The number of unbranched alkanes of at least 4 members (excludes halogenated alkanes) is 1.